The number of amides is 1. The summed E-state index contributed by atoms with van der Waals surface area (Å²) in [6, 6.07) is -0.230. The molecule has 0 spiro atoms. The van der Waals surface area contributed by atoms with Gasteiger partial charge in [-0.05, 0) is 32.3 Å². The van der Waals surface area contributed by atoms with E-state index in [9.17, 15) is 9.90 Å². The maximum Gasteiger partial charge on any atom is 0.246 e. The molecule has 1 fully saturated rings. The van der Waals surface area contributed by atoms with Crippen LogP contribution in [-0.2, 0) is 4.79 Å². The SMILES string of the molecule is Cc1nc(/C=C/C(=O)N(C)[C@@H]2CCC[C@@H](n3ccnc3)[C@@H]2O)cs1. The zero-order chi connectivity index (χ0) is 17.1. The van der Waals surface area contributed by atoms with Gasteiger partial charge in [0.15, 0.2) is 0 Å². The highest BCUT2D eigenvalue weighted by molar-refractivity contribution is 7.09. The Bertz CT molecular complexity index is 710. The van der Waals surface area contributed by atoms with E-state index in [0.717, 1.165) is 30.0 Å². The van der Waals surface area contributed by atoms with E-state index in [4.69, 9.17) is 0 Å². The predicted octanol–water partition coefficient (Wildman–Crippen LogP) is 2.27. The molecule has 0 aromatic carbocycles. The largest absolute Gasteiger partial charge is 0.389 e. The van der Waals surface area contributed by atoms with Gasteiger partial charge in [0.05, 0.1) is 35.2 Å². The van der Waals surface area contributed by atoms with Crippen molar-refractivity contribution in [2.75, 3.05) is 7.05 Å². The summed E-state index contributed by atoms with van der Waals surface area (Å²) in [5.41, 5.74) is 0.791. The molecule has 1 amide bonds. The number of thiazole rings is 1. The fourth-order valence-corrected chi connectivity index (χ4v) is 3.82. The van der Waals surface area contributed by atoms with Gasteiger partial charge in [-0.1, -0.05) is 0 Å². The third-order valence-corrected chi connectivity index (χ3v) is 5.37. The minimum atomic E-state index is -0.600. The molecular formula is C17H22N4O2S. The van der Waals surface area contributed by atoms with E-state index in [-0.39, 0.29) is 18.0 Å². The summed E-state index contributed by atoms with van der Waals surface area (Å²) in [6.45, 7) is 1.94. The summed E-state index contributed by atoms with van der Waals surface area (Å²) in [4.78, 5) is 22.5. The van der Waals surface area contributed by atoms with Crippen LogP contribution < -0.4 is 0 Å². The highest BCUT2D eigenvalue weighted by Gasteiger charge is 2.36. The van der Waals surface area contributed by atoms with Crippen LogP contribution in [0.4, 0.5) is 0 Å². The molecule has 24 heavy (non-hydrogen) atoms. The van der Waals surface area contributed by atoms with Crippen molar-refractivity contribution in [3.8, 4) is 0 Å². The quantitative estimate of drug-likeness (QED) is 0.862. The van der Waals surface area contributed by atoms with E-state index in [2.05, 4.69) is 9.97 Å². The van der Waals surface area contributed by atoms with Crippen LogP contribution in [0.15, 0.2) is 30.2 Å². The number of aliphatic hydroxyl groups is 1. The van der Waals surface area contributed by atoms with Crippen LogP contribution in [0.1, 0.15) is 36.0 Å². The van der Waals surface area contributed by atoms with Gasteiger partial charge >= 0.3 is 0 Å². The van der Waals surface area contributed by atoms with Gasteiger partial charge in [0.2, 0.25) is 5.91 Å². The molecule has 2 aromatic heterocycles. The monoisotopic (exact) mass is 346 g/mol. The van der Waals surface area contributed by atoms with Crippen LogP contribution >= 0.6 is 11.3 Å². The summed E-state index contributed by atoms with van der Waals surface area (Å²) in [7, 11) is 1.75. The molecule has 7 heteroatoms. The average Bonchev–Trinajstić information content (AvgIpc) is 3.24. The number of carbonyl (C=O) groups is 1. The lowest BCUT2D eigenvalue weighted by Crippen LogP contribution is -2.49. The van der Waals surface area contributed by atoms with Gasteiger partial charge in [-0.3, -0.25) is 4.79 Å². The minimum Gasteiger partial charge on any atom is -0.389 e. The summed E-state index contributed by atoms with van der Waals surface area (Å²) in [5.74, 6) is -0.115. The molecule has 1 N–H and O–H groups in total. The Morgan fingerprint density at radius 3 is 3.00 bits per heavy atom. The van der Waals surface area contributed by atoms with Crippen LogP contribution in [0, 0.1) is 6.92 Å². The summed E-state index contributed by atoms with van der Waals surface area (Å²) < 4.78 is 1.93. The minimum absolute atomic E-state index is 0.0355. The van der Waals surface area contributed by atoms with Crippen LogP contribution in [0.2, 0.25) is 0 Å². The number of rotatable bonds is 4. The first-order valence-electron chi connectivity index (χ1n) is 8.09. The van der Waals surface area contributed by atoms with Crippen molar-refractivity contribution in [3.05, 3.63) is 40.9 Å². The maximum atomic E-state index is 12.4. The molecule has 0 saturated heterocycles. The van der Waals surface area contributed by atoms with Crippen LogP contribution in [0.25, 0.3) is 6.08 Å². The Labute approximate surface area is 145 Å². The molecule has 0 radical (unpaired) electrons. The number of hydrogen-bond acceptors (Lipinski definition) is 5. The van der Waals surface area contributed by atoms with Crippen molar-refractivity contribution in [1.82, 2.24) is 19.4 Å². The number of aryl methyl sites for hydroxylation is 1. The van der Waals surface area contributed by atoms with Gasteiger partial charge in [0.1, 0.15) is 0 Å². The first-order valence-corrected chi connectivity index (χ1v) is 8.96. The molecule has 1 aliphatic rings. The smallest absolute Gasteiger partial charge is 0.246 e. The molecule has 6 nitrogen and oxygen atoms in total. The molecule has 2 heterocycles. The normalized spacial score (nSPS) is 24.4. The predicted molar refractivity (Wildman–Crippen MR) is 93.6 cm³/mol. The van der Waals surface area contributed by atoms with Gasteiger partial charge in [0.25, 0.3) is 0 Å². The third kappa shape index (κ3) is 3.57. The van der Waals surface area contributed by atoms with E-state index >= 15 is 0 Å². The van der Waals surface area contributed by atoms with E-state index in [0.29, 0.717) is 0 Å². The zero-order valence-corrected chi connectivity index (χ0v) is 14.7. The lowest BCUT2D eigenvalue weighted by atomic mass is 9.87. The summed E-state index contributed by atoms with van der Waals surface area (Å²) in [6.07, 6.45) is 10.6. The molecule has 0 unspecified atom stereocenters. The van der Waals surface area contributed by atoms with Gasteiger partial charge < -0.3 is 14.6 Å². The lowest BCUT2D eigenvalue weighted by molar-refractivity contribution is -0.131. The van der Waals surface area contributed by atoms with Crippen LogP contribution in [0.5, 0.6) is 0 Å². The molecule has 2 aromatic rings. The van der Waals surface area contributed by atoms with E-state index < -0.39 is 6.10 Å². The number of likely N-dealkylation sites (N-methyl/N-ethyl adjacent to an activating group) is 1. The van der Waals surface area contributed by atoms with Gasteiger partial charge in [0, 0.05) is 30.9 Å². The van der Waals surface area contributed by atoms with Gasteiger partial charge in [-0.15, -0.1) is 11.3 Å². The number of hydrogen-bond donors (Lipinski definition) is 1. The van der Waals surface area contributed by atoms with E-state index in [1.807, 2.05) is 23.1 Å². The van der Waals surface area contributed by atoms with Crippen molar-refractivity contribution in [1.29, 1.82) is 0 Å². The second-order valence-corrected chi connectivity index (χ2v) is 7.20. The fraction of sp³-hybridized carbons (Fsp3) is 0.471. The number of aromatic nitrogens is 3. The average molecular weight is 346 g/mol. The first kappa shape index (κ1) is 16.9. The Balaban J connectivity index is 1.67. The molecule has 0 aliphatic heterocycles. The van der Waals surface area contributed by atoms with Crippen molar-refractivity contribution in [3.63, 3.8) is 0 Å². The highest BCUT2D eigenvalue weighted by atomic mass is 32.1. The van der Waals surface area contributed by atoms with Crippen molar-refractivity contribution in [2.24, 2.45) is 0 Å². The Hall–Kier alpha value is -1.99. The Morgan fingerprint density at radius 2 is 2.33 bits per heavy atom. The molecule has 128 valence electrons. The van der Waals surface area contributed by atoms with E-state index in [1.165, 1.54) is 6.08 Å². The van der Waals surface area contributed by atoms with E-state index in [1.54, 1.807) is 41.9 Å². The number of nitrogens with zero attached hydrogens (tertiary/aromatic N) is 4. The Morgan fingerprint density at radius 1 is 1.50 bits per heavy atom. The topological polar surface area (TPSA) is 71.2 Å². The molecule has 1 saturated carbocycles. The lowest BCUT2D eigenvalue weighted by Gasteiger charge is -2.39. The molecular weight excluding hydrogens is 324 g/mol. The fourth-order valence-electron chi connectivity index (χ4n) is 3.24. The zero-order valence-electron chi connectivity index (χ0n) is 13.9. The second kappa shape index (κ2) is 7.27. The molecule has 1 aliphatic carbocycles. The number of imidazole rings is 1. The number of aliphatic hydroxyl groups excluding tert-OH is 1. The first-order chi connectivity index (χ1) is 11.6. The molecule has 3 rings (SSSR count). The van der Waals surface area contributed by atoms with Gasteiger partial charge in [-0.2, -0.15) is 0 Å². The van der Waals surface area contributed by atoms with Gasteiger partial charge in [-0.25, -0.2) is 9.97 Å². The number of carbonyl (C=O) groups excluding carboxylic acids is 1. The highest BCUT2D eigenvalue weighted by Crippen LogP contribution is 2.31. The van der Waals surface area contributed by atoms with Crippen LogP contribution in [-0.4, -0.2) is 49.6 Å². The summed E-state index contributed by atoms with van der Waals surface area (Å²) >= 11 is 1.56. The standard InChI is InChI=1S/C17H22N4O2S/c1-12-19-13(10-24-12)6-7-16(22)20(2)14-4-3-5-15(17(14)23)21-9-8-18-11-21/h6-11,14-15,17,23H,3-5H2,1-2H3/b7-6+/t14-,15-,17-/m1/s1. The van der Waals surface area contributed by atoms with Crippen molar-refractivity contribution < 1.29 is 9.90 Å². The molecule has 0 bridgehead atoms. The molecule has 3 atom stereocenters. The van der Waals surface area contributed by atoms with Crippen molar-refractivity contribution >= 4 is 23.3 Å². The van der Waals surface area contributed by atoms with Crippen molar-refractivity contribution in [2.45, 2.75) is 44.4 Å². The summed E-state index contributed by atoms with van der Waals surface area (Å²) in [5, 5.41) is 13.6. The third-order valence-electron chi connectivity index (χ3n) is 4.57. The second-order valence-electron chi connectivity index (χ2n) is 6.14. The maximum absolute atomic E-state index is 12.4. The van der Waals surface area contributed by atoms with Crippen LogP contribution in [0.3, 0.4) is 0 Å². The Kier molecular flexibility index (Phi) is 5.11.